The summed E-state index contributed by atoms with van der Waals surface area (Å²) in [4.78, 5) is 22.7. The fourth-order valence-corrected chi connectivity index (χ4v) is 3.04. The van der Waals surface area contributed by atoms with Crippen molar-refractivity contribution >= 4 is 33.7 Å². The Morgan fingerprint density at radius 1 is 1.06 bits per heavy atom. The summed E-state index contributed by atoms with van der Waals surface area (Å²) in [6, 6.07) is 14.1. The Morgan fingerprint density at radius 2 is 1.83 bits per heavy atom. The molecule has 2 amide bonds. The molecule has 0 aliphatic carbocycles. The maximum Gasteiger partial charge on any atom is 0.286 e. The maximum atomic E-state index is 11.6. The third-order valence-electron chi connectivity index (χ3n) is 3.05. The molecule has 0 saturated carbocycles. The molecule has 0 radical (unpaired) electrons. The quantitative estimate of drug-likeness (QED) is 0.899. The van der Waals surface area contributed by atoms with Gasteiger partial charge in [-0.3, -0.25) is 14.9 Å². The summed E-state index contributed by atoms with van der Waals surface area (Å²) in [7, 11) is 0. The van der Waals surface area contributed by atoms with E-state index in [4.69, 9.17) is 0 Å². The number of rotatable bonds is 2. The minimum atomic E-state index is -0.302. The Kier molecular flexibility index (Phi) is 2.80. The summed E-state index contributed by atoms with van der Waals surface area (Å²) >= 11 is 1.08. The van der Waals surface area contributed by atoms with Crippen molar-refractivity contribution < 1.29 is 9.59 Å². The molecule has 1 aliphatic heterocycles. The van der Waals surface area contributed by atoms with Crippen molar-refractivity contribution in [2.75, 3.05) is 0 Å². The van der Waals surface area contributed by atoms with Gasteiger partial charge in [-0.15, -0.1) is 0 Å². The fraction of sp³-hybridized carbons (Fsp3) is 0.143. The van der Waals surface area contributed by atoms with Crippen LogP contribution in [-0.2, 0) is 11.2 Å². The summed E-state index contributed by atoms with van der Waals surface area (Å²) in [6.45, 7) is 0. The minimum Gasteiger partial charge on any atom is -0.286 e. The molecule has 2 aromatic rings. The molecular weight excluding hydrogens is 246 g/mol. The number of hydrogen-bond donors (Lipinski definition) is 1. The zero-order valence-electron chi connectivity index (χ0n) is 9.55. The Labute approximate surface area is 109 Å². The predicted octanol–water partition coefficient (Wildman–Crippen LogP) is 2.73. The third kappa shape index (κ3) is 1.99. The van der Waals surface area contributed by atoms with Crippen LogP contribution < -0.4 is 5.32 Å². The van der Waals surface area contributed by atoms with Gasteiger partial charge in [-0.05, 0) is 22.8 Å². The highest BCUT2D eigenvalue weighted by atomic mass is 32.2. The summed E-state index contributed by atoms with van der Waals surface area (Å²) in [6.07, 6.45) is 0.587. The van der Waals surface area contributed by atoms with Gasteiger partial charge in [-0.2, -0.15) is 0 Å². The van der Waals surface area contributed by atoms with Crippen LogP contribution in [0.25, 0.3) is 10.8 Å². The second-order valence-electron chi connectivity index (χ2n) is 4.23. The van der Waals surface area contributed by atoms with E-state index in [2.05, 4.69) is 5.32 Å². The van der Waals surface area contributed by atoms with E-state index in [-0.39, 0.29) is 16.4 Å². The lowest BCUT2D eigenvalue weighted by atomic mass is 10.0. The molecule has 0 bridgehead atoms. The number of nitrogens with one attached hydrogen (secondary N) is 1. The number of imide groups is 1. The average molecular weight is 257 g/mol. The van der Waals surface area contributed by atoms with Crippen LogP contribution in [0.2, 0.25) is 0 Å². The molecule has 1 fully saturated rings. The Hall–Kier alpha value is -1.81. The van der Waals surface area contributed by atoms with Crippen LogP contribution in [0.1, 0.15) is 5.56 Å². The topological polar surface area (TPSA) is 46.2 Å². The normalized spacial score (nSPS) is 19.2. The van der Waals surface area contributed by atoms with Crippen LogP contribution in [0, 0.1) is 0 Å². The largest absolute Gasteiger partial charge is 0.286 e. The summed E-state index contributed by atoms with van der Waals surface area (Å²) in [5.41, 5.74) is 1.11. The zero-order valence-corrected chi connectivity index (χ0v) is 10.4. The predicted molar refractivity (Wildman–Crippen MR) is 72.6 cm³/mol. The first-order chi connectivity index (χ1) is 8.74. The number of hydrogen-bond acceptors (Lipinski definition) is 3. The molecule has 1 atom stereocenters. The molecule has 2 aromatic carbocycles. The highest BCUT2D eigenvalue weighted by molar-refractivity contribution is 8.15. The van der Waals surface area contributed by atoms with E-state index < -0.39 is 0 Å². The number of carbonyl (C=O) groups is 2. The molecule has 1 heterocycles. The van der Waals surface area contributed by atoms with E-state index in [0.717, 1.165) is 28.1 Å². The molecular formula is C14H11NO2S. The lowest BCUT2D eigenvalue weighted by Crippen LogP contribution is -2.25. The first kappa shape index (κ1) is 11.3. The minimum absolute atomic E-state index is 0.182. The van der Waals surface area contributed by atoms with E-state index in [1.807, 2.05) is 42.5 Å². The lowest BCUT2D eigenvalue weighted by molar-refractivity contribution is -0.118. The average Bonchev–Trinajstić information content (AvgIpc) is 2.68. The Morgan fingerprint density at radius 3 is 2.61 bits per heavy atom. The van der Waals surface area contributed by atoms with Gasteiger partial charge in [0.2, 0.25) is 5.91 Å². The van der Waals surface area contributed by atoms with Crippen LogP contribution in [0.3, 0.4) is 0 Å². The van der Waals surface area contributed by atoms with E-state index >= 15 is 0 Å². The first-order valence-electron chi connectivity index (χ1n) is 5.72. The van der Waals surface area contributed by atoms with Crippen LogP contribution in [0.4, 0.5) is 4.79 Å². The summed E-state index contributed by atoms with van der Waals surface area (Å²) in [5.74, 6) is -0.182. The van der Waals surface area contributed by atoms with Crippen molar-refractivity contribution in [1.82, 2.24) is 5.32 Å². The highest BCUT2D eigenvalue weighted by Crippen LogP contribution is 2.26. The molecule has 0 unspecified atom stereocenters. The zero-order chi connectivity index (χ0) is 12.5. The van der Waals surface area contributed by atoms with Gasteiger partial charge in [0.05, 0.1) is 5.25 Å². The monoisotopic (exact) mass is 257 g/mol. The number of thioether (sulfide) groups is 1. The van der Waals surface area contributed by atoms with Gasteiger partial charge in [0.1, 0.15) is 0 Å². The van der Waals surface area contributed by atoms with Gasteiger partial charge < -0.3 is 0 Å². The number of carbonyl (C=O) groups excluding carboxylic acids is 2. The SMILES string of the molecule is O=C1NC(=O)[C@@H](Cc2cccc3ccccc23)S1. The molecule has 0 spiro atoms. The van der Waals surface area contributed by atoms with Crippen LogP contribution in [-0.4, -0.2) is 16.4 Å². The fourth-order valence-electron chi connectivity index (χ4n) is 2.20. The molecule has 1 aliphatic rings. The molecule has 3 nitrogen and oxygen atoms in total. The Bertz CT molecular complexity index is 633. The maximum absolute atomic E-state index is 11.6. The van der Waals surface area contributed by atoms with Crippen LogP contribution >= 0.6 is 11.8 Å². The van der Waals surface area contributed by atoms with Crippen LogP contribution in [0.15, 0.2) is 42.5 Å². The van der Waals surface area contributed by atoms with E-state index in [9.17, 15) is 9.59 Å². The second kappa shape index (κ2) is 4.46. The van der Waals surface area contributed by atoms with Gasteiger partial charge >= 0.3 is 0 Å². The van der Waals surface area contributed by atoms with Crippen molar-refractivity contribution in [2.45, 2.75) is 11.7 Å². The van der Waals surface area contributed by atoms with Crippen molar-refractivity contribution in [3.8, 4) is 0 Å². The highest BCUT2D eigenvalue weighted by Gasteiger charge is 2.31. The van der Waals surface area contributed by atoms with Crippen molar-refractivity contribution in [3.63, 3.8) is 0 Å². The third-order valence-corrected chi connectivity index (χ3v) is 4.03. The van der Waals surface area contributed by atoms with Crippen molar-refractivity contribution in [1.29, 1.82) is 0 Å². The molecule has 0 aromatic heterocycles. The van der Waals surface area contributed by atoms with E-state index in [1.165, 1.54) is 0 Å². The van der Waals surface area contributed by atoms with Gasteiger partial charge in [-0.1, -0.05) is 54.2 Å². The second-order valence-corrected chi connectivity index (χ2v) is 5.40. The van der Waals surface area contributed by atoms with Gasteiger partial charge in [0, 0.05) is 0 Å². The summed E-state index contributed by atoms with van der Waals surface area (Å²) in [5, 5.41) is 4.08. The van der Waals surface area contributed by atoms with E-state index in [0.29, 0.717) is 6.42 Å². The number of benzene rings is 2. The summed E-state index contributed by atoms with van der Waals surface area (Å²) < 4.78 is 0. The molecule has 1 N–H and O–H groups in total. The van der Waals surface area contributed by atoms with Crippen molar-refractivity contribution in [2.24, 2.45) is 0 Å². The first-order valence-corrected chi connectivity index (χ1v) is 6.60. The molecule has 4 heteroatoms. The smallest absolute Gasteiger partial charge is 0.286 e. The van der Waals surface area contributed by atoms with Crippen molar-refractivity contribution in [3.05, 3.63) is 48.0 Å². The molecule has 18 heavy (non-hydrogen) atoms. The number of amides is 2. The lowest BCUT2D eigenvalue weighted by Gasteiger charge is -2.08. The van der Waals surface area contributed by atoms with Gasteiger partial charge in [0.15, 0.2) is 0 Å². The van der Waals surface area contributed by atoms with Crippen LogP contribution in [0.5, 0.6) is 0 Å². The molecule has 90 valence electrons. The standard InChI is InChI=1S/C14H11NO2S/c16-13-12(18-14(17)15-13)8-10-6-3-5-9-4-1-2-7-11(9)10/h1-7,12H,8H2,(H,15,16,17)/t12-/m1/s1. The number of fused-ring (bicyclic) bond motifs is 1. The Balaban J connectivity index is 1.95. The molecule has 3 rings (SSSR count). The van der Waals surface area contributed by atoms with Gasteiger partial charge in [-0.25, -0.2) is 0 Å². The van der Waals surface area contributed by atoms with E-state index in [1.54, 1.807) is 0 Å². The van der Waals surface area contributed by atoms with Gasteiger partial charge in [0.25, 0.3) is 5.24 Å². The molecule has 1 saturated heterocycles.